The lowest BCUT2D eigenvalue weighted by Crippen LogP contribution is -2.34. The van der Waals surface area contributed by atoms with Gasteiger partial charge in [0.1, 0.15) is 0 Å². The number of likely N-dealkylation sites (tertiary alicyclic amines) is 1. The van der Waals surface area contributed by atoms with Crippen LogP contribution in [-0.4, -0.2) is 39.3 Å². The zero-order valence-electron chi connectivity index (χ0n) is 15.5. The molecule has 3 heterocycles. The molecule has 0 radical (unpaired) electrons. The van der Waals surface area contributed by atoms with E-state index in [1.54, 1.807) is 13.8 Å². The van der Waals surface area contributed by atoms with E-state index >= 15 is 0 Å². The number of hydrogen-bond donors (Lipinski definition) is 2. The van der Waals surface area contributed by atoms with E-state index in [-0.39, 0.29) is 12.5 Å². The third-order valence-corrected chi connectivity index (χ3v) is 4.80. The smallest absolute Gasteiger partial charge is 0.395 e. The standard InChI is InChI=1S/C18H21F3N4O3/c1-17(2,10-26)14-8-15(28-24-14)23-16(27)25-7-3-4-13(25)12-6-5-11(9-22-12)18(19,20)21/h5-6,8-9,13,26H,3-4,7,10H2,1-2H3,(H,23,27). The minimum atomic E-state index is -4.45. The first-order chi connectivity index (χ1) is 13.1. The number of aliphatic hydroxyl groups excluding tert-OH is 1. The number of carbonyl (C=O) groups excluding carboxylic acids is 1. The molecule has 1 aliphatic heterocycles. The number of nitrogens with one attached hydrogen (secondary N) is 1. The fourth-order valence-electron chi connectivity index (χ4n) is 3.00. The van der Waals surface area contributed by atoms with Crippen LogP contribution in [0.4, 0.5) is 23.8 Å². The number of amides is 2. The minimum Gasteiger partial charge on any atom is -0.395 e. The van der Waals surface area contributed by atoms with Gasteiger partial charge in [-0.1, -0.05) is 19.0 Å². The maximum absolute atomic E-state index is 12.7. The van der Waals surface area contributed by atoms with Gasteiger partial charge in [0.05, 0.1) is 29.6 Å². The summed E-state index contributed by atoms with van der Waals surface area (Å²) in [5.74, 6) is 0.132. The molecule has 0 bridgehead atoms. The fourth-order valence-corrected chi connectivity index (χ4v) is 3.00. The first-order valence-corrected chi connectivity index (χ1v) is 8.80. The molecule has 1 fully saturated rings. The van der Waals surface area contributed by atoms with E-state index in [2.05, 4.69) is 15.5 Å². The molecule has 2 aromatic rings. The molecule has 0 aromatic carbocycles. The zero-order chi connectivity index (χ0) is 20.5. The molecule has 1 atom stereocenters. The molecule has 0 saturated carbocycles. The maximum Gasteiger partial charge on any atom is 0.417 e. The molecular weight excluding hydrogens is 377 g/mol. The zero-order valence-corrected chi connectivity index (χ0v) is 15.5. The summed E-state index contributed by atoms with van der Waals surface area (Å²) in [6.07, 6.45) is -2.36. The number of pyridine rings is 1. The van der Waals surface area contributed by atoms with Crippen molar-refractivity contribution < 1.29 is 27.6 Å². The highest BCUT2D eigenvalue weighted by Gasteiger charge is 2.34. The van der Waals surface area contributed by atoms with Crippen LogP contribution in [0.1, 0.15) is 49.7 Å². The molecule has 2 aromatic heterocycles. The maximum atomic E-state index is 12.7. The lowest BCUT2D eigenvalue weighted by Gasteiger charge is -2.24. The van der Waals surface area contributed by atoms with Crippen molar-refractivity contribution >= 4 is 11.9 Å². The topological polar surface area (TPSA) is 91.5 Å². The third-order valence-electron chi connectivity index (χ3n) is 4.80. The average Bonchev–Trinajstić information content (AvgIpc) is 3.31. The SMILES string of the molecule is CC(C)(CO)c1cc(NC(=O)N2CCCC2c2ccc(C(F)(F)F)cn2)on1. The van der Waals surface area contributed by atoms with Crippen molar-refractivity contribution in [3.63, 3.8) is 0 Å². The summed E-state index contributed by atoms with van der Waals surface area (Å²) < 4.78 is 43.2. The number of urea groups is 1. The van der Waals surface area contributed by atoms with E-state index in [0.717, 1.165) is 12.3 Å². The van der Waals surface area contributed by atoms with Crippen LogP contribution in [0.2, 0.25) is 0 Å². The number of nitrogens with zero attached hydrogens (tertiary/aromatic N) is 3. The quantitative estimate of drug-likeness (QED) is 0.819. The molecule has 3 rings (SSSR count). The molecular formula is C18H21F3N4O3. The Bertz CT molecular complexity index is 833. The largest absolute Gasteiger partial charge is 0.417 e. The van der Waals surface area contributed by atoms with Gasteiger partial charge in [0.2, 0.25) is 5.88 Å². The summed E-state index contributed by atoms with van der Waals surface area (Å²) in [4.78, 5) is 18.0. The second-order valence-corrected chi connectivity index (χ2v) is 7.37. The summed E-state index contributed by atoms with van der Waals surface area (Å²) in [5.41, 5.74) is -0.550. The van der Waals surface area contributed by atoms with Gasteiger partial charge in [0.15, 0.2) is 0 Å². The molecule has 2 amide bonds. The Labute approximate surface area is 159 Å². The molecule has 28 heavy (non-hydrogen) atoms. The first kappa shape index (κ1) is 20.1. The normalized spacial score (nSPS) is 17.8. The number of alkyl halides is 3. The highest BCUT2D eigenvalue weighted by Crippen LogP contribution is 2.34. The molecule has 1 saturated heterocycles. The Balaban J connectivity index is 1.71. The number of rotatable bonds is 4. The van der Waals surface area contributed by atoms with E-state index in [4.69, 9.17) is 4.52 Å². The molecule has 152 valence electrons. The second-order valence-electron chi connectivity index (χ2n) is 7.37. The molecule has 1 aliphatic rings. The van der Waals surface area contributed by atoms with E-state index in [1.807, 2.05) is 0 Å². The van der Waals surface area contributed by atoms with Crippen LogP contribution in [0.25, 0.3) is 0 Å². The Hall–Kier alpha value is -2.62. The van der Waals surface area contributed by atoms with Crippen LogP contribution in [0.3, 0.4) is 0 Å². The van der Waals surface area contributed by atoms with Crippen molar-refractivity contribution in [2.24, 2.45) is 0 Å². The summed E-state index contributed by atoms with van der Waals surface area (Å²) >= 11 is 0. The van der Waals surface area contributed by atoms with Crippen LogP contribution in [0, 0.1) is 0 Å². The minimum absolute atomic E-state index is 0.132. The summed E-state index contributed by atoms with van der Waals surface area (Å²) in [6, 6.07) is 2.94. The van der Waals surface area contributed by atoms with E-state index < -0.39 is 29.2 Å². The summed E-state index contributed by atoms with van der Waals surface area (Å²) in [6.45, 7) is 3.87. The van der Waals surface area contributed by atoms with Gasteiger partial charge in [0, 0.05) is 24.2 Å². The lowest BCUT2D eigenvalue weighted by molar-refractivity contribution is -0.137. The highest BCUT2D eigenvalue weighted by molar-refractivity contribution is 5.88. The second kappa shape index (κ2) is 7.42. The van der Waals surface area contributed by atoms with Gasteiger partial charge >= 0.3 is 12.2 Å². The molecule has 0 aliphatic carbocycles. The average molecular weight is 398 g/mol. The van der Waals surface area contributed by atoms with Crippen LogP contribution < -0.4 is 5.32 Å². The van der Waals surface area contributed by atoms with Crippen LogP contribution in [-0.2, 0) is 11.6 Å². The van der Waals surface area contributed by atoms with Gasteiger partial charge in [-0.25, -0.2) is 4.79 Å². The fraction of sp³-hybridized carbons (Fsp3) is 0.500. The molecule has 2 N–H and O–H groups in total. The van der Waals surface area contributed by atoms with Crippen molar-refractivity contribution in [3.05, 3.63) is 41.3 Å². The Morgan fingerprint density at radius 1 is 1.39 bits per heavy atom. The Morgan fingerprint density at radius 2 is 2.14 bits per heavy atom. The molecule has 1 unspecified atom stereocenters. The predicted octanol–water partition coefficient (Wildman–Crippen LogP) is 3.73. The van der Waals surface area contributed by atoms with E-state index in [1.165, 1.54) is 17.0 Å². The van der Waals surface area contributed by atoms with Gasteiger partial charge in [-0.05, 0) is 25.0 Å². The number of hydrogen-bond acceptors (Lipinski definition) is 5. The number of aromatic nitrogens is 2. The Kier molecular flexibility index (Phi) is 5.33. The van der Waals surface area contributed by atoms with Crippen LogP contribution >= 0.6 is 0 Å². The van der Waals surface area contributed by atoms with Crippen molar-refractivity contribution in [1.29, 1.82) is 0 Å². The molecule has 10 heteroatoms. The summed E-state index contributed by atoms with van der Waals surface area (Å²) in [5, 5.41) is 15.9. The van der Waals surface area contributed by atoms with Crippen molar-refractivity contribution in [1.82, 2.24) is 15.0 Å². The van der Waals surface area contributed by atoms with E-state index in [0.29, 0.717) is 30.8 Å². The van der Waals surface area contributed by atoms with Crippen LogP contribution in [0.5, 0.6) is 0 Å². The number of carbonyl (C=O) groups is 1. The highest BCUT2D eigenvalue weighted by atomic mass is 19.4. The molecule has 7 nitrogen and oxygen atoms in total. The monoisotopic (exact) mass is 398 g/mol. The van der Waals surface area contributed by atoms with Gasteiger partial charge in [-0.15, -0.1) is 0 Å². The van der Waals surface area contributed by atoms with Gasteiger partial charge in [-0.3, -0.25) is 10.3 Å². The van der Waals surface area contributed by atoms with Gasteiger partial charge in [0.25, 0.3) is 0 Å². The summed E-state index contributed by atoms with van der Waals surface area (Å²) in [7, 11) is 0. The third kappa shape index (κ3) is 4.11. The van der Waals surface area contributed by atoms with E-state index in [9.17, 15) is 23.1 Å². The van der Waals surface area contributed by atoms with Crippen LogP contribution in [0.15, 0.2) is 28.9 Å². The number of anilines is 1. The lowest BCUT2D eigenvalue weighted by atomic mass is 9.91. The van der Waals surface area contributed by atoms with Crippen molar-refractivity contribution in [2.45, 2.75) is 44.3 Å². The molecule has 0 spiro atoms. The first-order valence-electron chi connectivity index (χ1n) is 8.80. The number of halogens is 3. The predicted molar refractivity (Wildman–Crippen MR) is 93.6 cm³/mol. The number of aliphatic hydroxyl groups is 1. The van der Waals surface area contributed by atoms with Gasteiger partial charge < -0.3 is 14.5 Å². The Morgan fingerprint density at radius 3 is 2.75 bits per heavy atom. The van der Waals surface area contributed by atoms with Crippen molar-refractivity contribution in [3.8, 4) is 0 Å². The van der Waals surface area contributed by atoms with Crippen molar-refractivity contribution in [2.75, 3.05) is 18.5 Å². The van der Waals surface area contributed by atoms with Gasteiger partial charge in [-0.2, -0.15) is 13.2 Å².